The van der Waals surface area contributed by atoms with Gasteiger partial charge in [-0.15, -0.1) is 0 Å². The van der Waals surface area contributed by atoms with Gasteiger partial charge in [-0.25, -0.2) is 9.59 Å². The molecule has 3 saturated heterocycles. The highest BCUT2D eigenvalue weighted by Gasteiger charge is 2.73. The molecular formula is C20H29F3N4O6. The van der Waals surface area contributed by atoms with E-state index in [1.165, 1.54) is 19.1 Å². The van der Waals surface area contributed by atoms with E-state index in [0.29, 0.717) is 25.5 Å². The van der Waals surface area contributed by atoms with Crippen molar-refractivity contribution in [3.63, 3.8) is 0 Å². The summed E-state index contributed by atoms with van der Waals surface area (Å²) in [5.41, 5.74) is -1.18. The van der Waals surface area contributed by atoms with E-state index in [9.17, 15) is 27.6 Å². The number of esters is 1. The van der Waals surface area contributed by atoms with E-state index in [0.717, 1.165) is 13.0 Å². The van der Waals surface area contributed by atoms with Crippen LogP contribution in [0.1, 0.15) is 33.6 Å². The van der Waals surface area contributed by atoms with Crippen LogP contribution in [0.25, 0.3) is 0 Å². The highest BCUT2D eigenvalue weighted by molar-refractivity contribution is 6.11. The first kappa shape index (κ1) is 26.4. The summed E-state index contributed by atoms with van der Waals surface area (Å²) >= 11 is 0. The van der Waals surface area contributed by atoms with Crippen molar-refractivity contribution in [3.05, 3.63) is 0 Å². The number of imide groups is 1. The number of fused-ring (bicyclic) bond motifs is 3. The van der Waals surface area contributed by atoms with Crippen molar-refractivity contribution in [2.75, 3.05) is 33.8 Å². The fourth-order valence-electron chi connectivity index (χ4n) is 4.91. The largest absolute Gasteiger partial charge is 0.490 e. The number of aliphatic carboxylic acids is 1. The number of rotatable bonds is 5. The molecule has 4 atom stereocenters. The molecular weight excluding hydrogens is 449 g/mol. The first-order valence-corrected chi connectivity index (χ1v) is 10.6. The number of likely N-dealkylation sites (tertiary alicyclic amines) is 1. The minimum atomic E-state index is -5.08. The molecule has 0 spiro atoms. The number of methoxy groups -OCH3 is 1. The molecule has 3 heterocycles. The summed E-state index contributed by atoms with van der Waals surface area (Å²) in [5, 5.41) is 7.12. The number of halogens is 3. The predicted octanol–water partition coefficient (Wildman–Crippen LogP) is 0.958. The van der Waals surface area contributed by atoms with E-state index in [-0.39, 0.29) is 17.9 Å². The summed E-state index contributed by atoms with van der Waals surface area (Å²) in [4.78, 5) is 57.6. The van der Waals surface area contributed by atoms with Gasteiger partial charge in [0, 0.05) is 26.7 Å². The Morgan fingerprint density at radius 3 is 2.21 bits per heavy atom. The SMILES string of the molecule is CCCN=C1N(CC)C[C@@H]2[C@@H]3C(=O)N(C)C(=O)[C@@H]3[C@](CC)(C(=O)OC)N12.O=C(O)C(F)(F)F. The molecule has 2 amide bonds. The number of carboxylic acids is 1. The van der Waals surface area contributed by atoms with Gasteiger partial charge in [0.25, 0.3) is 0 Å². The van der Waals surface area contributed by atoms with Gasteiger partial charge in [0.1, 0.15) is 0 Å². The van der Waals surface area contributed by atoms with Crippen LogP contribution in [-0.4, -0.2) is 101 Å². The monoisotopic (exact) mass is 478 g/mol. The Bertz CT molecular complexity index is 848. The minimum Gasteiger partial charge on any atom is -0.475 e. The maximum absolute atomic E-state index is 13.0. The van der Waals surface area contributed by atoms with E-state index < -0.39 is 35.5 Å². The molecule has 0 aromatic rings. The second-order valence-corrected chi connectivity index (χ2v) is 7.97. The second kappa shape index (κ2) is 9.56. The van der Waals surface area contributed by atoms with Crippen LogP contribution in [0.15, 0.2) is 4.99 Å². The van der Waals surface area contributed by atoms with Gasteiger partial charge in [-0.3, -0.25) is 19.5 Å². The zero-order chi connectivity index (χ0) is 25.3. The summed E-state index contributed by atoms with van der Waals surface area (Å²) in [6, 6.07) is -0.240. The lowest BCUT2D eigenvalue weighted by molar-refractivity contribution is -0.192. The molecule has 3 aliphatic rings. The maximum Gasteiger partial charge on any atom is 0.490 e. The Morgan fingerprint density at radius 2 is 1.79 bits per heavy atom. The molecule has 0 aromatic carbocycles. The van der Waals surface area contributed by atoms with Gasteiger partial charge in [0.05, 0.1) is 25.0 Å². The van der Waals surface area contributed by atoms with E-state index in [1.54, 1.807) is 0 Å². The van der Waals surface area contributed by atoms with Crippen molar-refractivity contribution in [1.82, 2.24) is 14.7 Å². The lowest BCUT2D eigenvalue weighted by Gasteiger charge is -2.39. The van der Waals surface area contributed by atoms with Crippen LogP contribution in [0.5, 0.6) is 0 Å². The van der Waals surface area contributed by atoms with E-state index in [2.05, 4.69) is 4.90 Å². The number of alkyl halides is 3. The van der Waals surface area contributed by atoms with Crippen molar-refractivity contribution in [2.45, 2.75) is 51.4 Å². The van der Waals surface area contributed by atoms with Crippen molar-refractivity contribution in [1.29, 1.82) is 0 Å². The van der Waals surface area contributed by atoms with Crippen molar-refractivity contribution in [3.8, 4) is 0 Å². The van der Waals surface area contributed by atoms with E-state index >= 15 is 0 Å². The van der Waals surface area contributed by atoms with Crippen LogP contribution >= 0.6 is 0 Å². The van der Waals surface area contributed by atoms with Crippen LogP contribution in [0.4, 0.5) is 13.2 Å². The third kappa shape index (κ3) is 4.12. The second-order valence-electron chi connectivity index (χ2n) is 7.97. The first-order valence-electron chi connectivity index (χ1n) is 10.6. The summed E-state index contributed by atoms with van der Waals surface area (Å²) in [5.74, 6) is -4.25. The molecule has 0 saturated carbocycles. The predicted molar refractivity (Wildman–Crippen MR) is 109 cm³/mol. The van der Waals surface area contributed by atoms with Gasteiger partial charge in [0.15, 0.2) is 11.5 Å². The van der Waals surface area contributed by atoms with Crippen molar-refractivity contribution < 1.29 is 42.2 Å². The van der Waals surface area contributed by atoms with Crippen LogP contribution in [0.3, 0.4) is 0 Å². The number of carboxylic acid groups (broad SMARTS) is 1. The summed E-state index contributed by atoms with van der Waals surface area (Å²) in [6.07, 6.45) is -3.82. The molecule has 186 valence electrons. The highest BCUT2D eigenvalue weighted by atomic mass is 19.4. The third-order valence-electron chi connectivity index (χ3n) is 6.35. The van der Waals surface area contributed by atoms with E-state index in [1.807, 2.05) is 25.7 Å². The molecule has 0 radical (unpaired) electrons. The number of likely N-dealkylation sites (N-methyl/N-ethyl adjacent to an activating group) is 1. The number of carbonyl (C=O) groups is 4. The van der Waals surface area contributed by atoms with Gasteiger partial charge < -0.3 is 19.6 Å². The molecule has 3 rings (SSSR count). The summed E-state index contributed by atoms with van der Waals surface area (Å²) < 4.78 is 36.9. The Labute approximate surface area is 189 Å². The third-order valence-corrected chi connectivity index (χ3v) is 6.35. The standard InChI is InChI=1S/C18H28N4O4.C2HF3O2/c1-6-9-19-17-21(8-3)10-11-12-13(15(24)20(4)14(12)23)18(7-2,22(11)17)16(25)26-5;3-2(4,5)1(6)7/h11-13H,6-10H2,1-5H3;(H,6,7)/t11-,12+,13-,18-;/m1./s1. The molecule has 3 fully saturated rings. The average molecular weight is 478 g/mol. The summed E-state index contributed by atoms with van der Waals surface area (Å²) in [6.45, 7) is 7.89. The average Bonchev–Trinajstić information content (AvgIpc) is 3.34. The fourth-order valence-corrected chi connectivity index (χ4v) is 4.91. The number of hydrogen-bond acceptors (Lipinski definition) is 6. The number of aliphatic imine (C=N–C) groups is 1. The number of ether oxygens (including phenoxy) is 1. The van der Waals surface area contributed by atoms with Gasteiger partial charge in [-0.2, -0.15) is 13.2 Å². The van der Waals surface area contributed by atoms with E-state index in [4.69, 9.17) is 19.6 Å². The highest BCUT2D eigenvalue weighted by Crippen LogP contribution is 2.53. The smallest absolute Gasteiger partial charge is 0.475 e. The Morgan fingerprint density at radius 1 is 1.21 bits per heavy atom. The van der Waals surface area contributed by atoms with Crippen LogP contribution in [-0.2, 0) is 23.9 Å². The summed E-state index contributed by atoms with van der Waals surface area (Å²) in [7, 11) is 2.84. The number of carbonyl (C=O) groups excluding carboxylic acids is 3. The molecule has 0 bridgehead atoms. The normalized spacial score (nSPS) is 29.8. The number of nitrogens with zero attached hydrogens (tertiary/aromatic N) is 4. The maximum atomic E-state index is 13.0. The Kier molecular flexibility index (Phi) is 7.64. The zero-order valence-corrected chi connectivity index (χ0v) is 19.2. The Balaban J connectivity index is 0.000000479. The van der Waals surface area contributed by atoms with Crippen LogP contribution < -0.4 is 0 Å². The molecule has 3 aliphatic heterocycles. The molecule has 0 aromatic heterocycles. The fraction of sp³-hybridized carbons (Fsp3) is 0.750. The molecule has 33 heavy (non-hydrogen) atoms. The Hall–Kier alpha value is -2.86. The lowest BCUT2D eigenvalue weighted by atomic mass is 9.78. The zero-order valence-electron chi connectivity index (χ0n) is 19.2. The van der Waals surface area contributed by atoms with Gasteiger partial charge in [0.2, 0.25) is 11.8 Å². The first-order chi connectivity index (χ1) is 15.3. The number of amides is 2. The molecule has 13 heteroatoms. The van der Waals surface area contributed by atoms with Crippen LogP contribution in [0.2, 0.25) is 0 Å². The molecule has 1 N–H and O–H groups in total. The molecule has 0 unspecified atom stereocenters. The van der Waals surface area contributed by atoms with Gasteiger partial charge >= 0.3 is 18.1 Å². The topological polar surface area (TPSA) is 120 Å². The number of guanidine groups is 1. The quantitative estimate of drug-likeness (QED) is 0.458. The van der Waals surface area contributed by atoms with Gasteiger partial charge in [-0.1, -0.05) is 13.8 Å². The molecule has 0 aliphatic carbocycles. The minimum absolute atomic E-state index is 0.206. The number of hydrogen-bond donors (Lipinski definition) is 1. The molecule has 10 nitrogen and oxygen atoms in total. The lowest BCUT2D eigenvalue weighted by Crippen LogP contribution is -2.60. The van der Waals surface area contributed by atoms with Crippen molar-refractivity contribution in [2.24, 2.45) is 16.8 Å². The van der Waals surface area contributed by atoms with Gasteiger partial charge in [-0.05, 0) is 19.8 Å². The van der Waals surface area contributed by atoms with Crippen molar-refractivity contribution >= 4 is 29.7 Å². The van der Waals surface area contributed by atoms with Crippen LogP contribution in [0, 0.1) is 11.8 Å².